The smallest absolute Gasteiger partial charge is 0.283 e. The van der Waals surface area contributed by atoms with Gasteiger partial charge in [-0.15, -0.1) is 0 Å². The summed E-state index contributed by atoms with van der Waals surface area (Å²) in [5.41, 5.74) is 1.53. The third kappa shape index (κ3) is 2.42. The summed E-state index contributed by atoms with van der Waals surface area (Å²) >= 11 is 0. The van der Waals surface area contributed by atoms with E-state index in [0.29, 0.717) is 5.52 Å². The van der Waals surface area contributed by atoms with E-state index in [1.807, 2.05) is 24.3 Å². The van der Waals surface area contributed by atoms with E-state index in [1.165, 1.54) is 4.09 Å². The Morgan fingerprint density at radius 2 is 1.75 bits per heavy atom. The van der Waals surface area contributed by atoms with Crippen LogP contribution in [-0.4, -0.2) is 42.6 Å². The largest absolute Gasteiger partial charge is 0.306 e. The summed E-state index contributed by atoms with van der Waals surface area (Å²) in [5, 5.41) is 5.48. The topological polar surface area (TPSA) is 55.2 Å². The highest BCUT2D eigenvalue weighted by Gasteiger charge is 2.29. The first-order valence-electron chi connectivity index (χ1n) is 8.04. The predicted molar refractivity (Wildman–Crippen MR) is 93.6 cm³/mol. The molecule has 1 aliphatic heterocycles. The van der Waals surface area contributed by atoms with Crippen LogP contribution >= 0.6 is 0 Å². The zero-order valence-corrected chi connectivity index (χ0v) is 14.3. The minimum atomic E-state index is -3.70. The first-order chi connectivity index (χ1) is 11.6. The van der Waals surface area contributed by atoms with E-state index in [4.69, 9.17) is 0 Å². The van der Waals surface area contributed by atoms with Gasteiger partial charge in [0.05, 0.1) is 16.1 Å². The van der Waals surface area contributed by atoms with Crippen molar-refractivity contribution >= 4 is 20.9 Å². The van der Waals surface area contributed by atoms with E-state index in [9.17, 15) is 8.42 Å². The SMILES string of the molecule is CN1CCC(c2nn(S(=O)(=O)c3ccccc3)c3ccccc23)C1. The molecule has 1 saturated heterocycles. The van der Waals surface area contributed by atoms with Crippen molar-refractivity contribution in [3.8, 4) is 0 Å². The molecule has 1 aromatic heterocycles. The van der Waals surface area contributed by atoms with Crippen molar-refractivity contribution in [3.05, 3.63) is 60.3 Å². The lowest BCUT2D eigenvalue weighted by Gasteiger charge is -2.08. The molecule has 2 aromatic carbocycles. The van der Waals surface area contributed by atoms with E-state index < -0.39 is 10.0 Å². The minimum absolute atomic E-state index is 0.258. The van der Waals surface area contributed by atoms with E-state index in [0.717, 1.165) is 30.6 Å². The molecule has 0 N–H and O–H groups in total. The van der Waals surface area contributed by atoms with Crippen molar-refractivity contribution in [2.24, 2.45) is 0 Å². The van der Waals surface area contributed by atoms with E-state index in [-0.39, 0.29) is 10.8 Å². The van der Waals surface area contributed by atoms with Crippen LogP contribution < -0.4 is 0 Å². The molecule has 0 radical (unpaired) electrons. The monoisotopic (exact) mass is 341 g/mol. The molecule has 1 unspecified atom stereocenters. The van der Waals surface area contributed by atoms with Gasteiger partial charge in [0.15, 0.2) is 0 Å². The molecule has 1 atom stereocenters. The molecule has 6 heteroatoms. The molecule has 0 aliphatic carbocycles. The Morgan fingerprint density at radius 1 is 1.04 bits per heavy atom. The Balaban J connectivity index is 1.91. The van der Waals surface area contributed by atoms with Crippen molar-refractivity contribution in [1.82, 2.24) is 14.1 Å². The fraction of sp³-hybridized carbons (Fsp3) is 0.278. The Labute approximate surface area is 141 Å². The number of likely N-dealkylation sites (tertiary alicyclic amines) is 1. The van der Waals surface area contributed by atoms with Crippen molar-refractivity contribution in [3.63, 3.8) is 0 Å². The summed E-state index contributed by atoms with van der Waals surface area (Å²) in [4.78, 5) is 2.51. The van der Waals surface area contributed by atoms with Crippen molar-refractivity contribution in [2.45, 2.75) is 17.2 Å². The molecular formula is C18H19N3O2S. The maximum absolute atomic E-state index is 13.0. The third-order valence-corrected chi connectivity index (χ3v) is 6.23. The van der Waals surface area contributed by atoms with Crippen molar-refractivity contribution < 1.29 is 8.42 Å². The normalized spacial score (nSPS) is 19.1. The summed E-state index contributed by atoms with van der Waals surface area (Å²) in [6.45, 7) is 1.92. The van der Waals surface area contributed by atoms with Gasteiger partial charge in [-0.05, 0) is 38.2 Å². The molecule has 0 saturated carbocycles. The quantitative estimate of drug-likeness (QED) is 0.735. The van der Waals surface area contributed by atoms with Gasteiger partial charge < -0.3 is 4.90 Å². The van der Waals surface area contributed by atoms with Crippen molar-refractivity contribution in [2.75, 3.05) is 20.1 Å². The highest BCUT2D eigenvalue weighted by molar-refractivity contribution is 7.90. The van der Waals surface area contributed by atoms with Gasteiger partial charge in [0.2, 0.25) is 0 Å². The van der Waals surface area contributed by atoms with Crippen molar-refractivity contribution in [1.29, 1.82) is 0 Å². The molecule has 5 nitrogen and oxygen atoms in total. The van der Waals surface area contributed by atoms with Crippen LogP contribution in [0, 0.1) is 0 Å². The lowest BCUT2D eigenvalue weighted by atomic mass is 10.0. The number of para-hydroxylation sites is 1. The molecular weight excluding hydrogens is 322 g/mol. The highest BCUT2D eigenvalue weighted by atomic mass is 32.2. The second kappa shape index (κ2) is 5.72. The second-order valence-electron chi connectivity index (χ2n) is 6.31. The van der Waals surface area contributed by atoms with Gasteiger partial charge in [-0.1, -0.05) is 36.4 Å². The third-order valence-electron chi connectivity index (χ3n) is 4.63. The van der Waals surface area contributed by atoms with Crippen LogP contribution in [0.5, 0.6) is 0 Å². The summed E-state index contributed by atoms with van der Waals surface area (Å²) in [5.74, 6) is 0.270. The molecule has 1 aliphatic rings. The fourth-order valence-electron chi connectivity index (χ4n) is 3.40. The zero-order valence-electron chi connectivity index (χ0n) is 13.5. The van der Waals surface area contributed by atoms with E-state index in [2.05, 4.69) is 17.0 Å². The molecule has 4 rings (SSSR count). The standard InChI is InChI=1S/C18H19N3O2S/c1-20-12-11-14(13-20)18-16-9-5-6-10-17(16)21(19-18)24(22,23)15-7-3-2-4-8-15/h2-10,14H,11-13H2,1H3. The minimum Gasteiger partial charge on any atom is -0.306 e. The van der Waals surface area contributed by atoms with E-state index in [1.54, 1.807) is 30.3 Å². The number of aromatic nitrogens is 2. The number of benzene rings is 2. The number of rotatable bonds is 3. The van der Waals surface area contributed by atoms with Gasteiger partial charge in [0, 0.05) is 17.8 Å². The Hall–Kier alpha value is -2.18. The van der Waals surface area contributed by atoms with Crippen LogP contribution in [-0.2, 0) is 10.0 Å². The predicted octanol–water partition coefficient (Wildman–Crippen LogP) is 2.69. The summed E-state index contributed by atoms with van der Waals surface area (Å²) in [6, 6.07) is 16.1. The van der Waals surface area contributed by atoms with Crippen LogP contribution in [0.3, 0.4) is 0 Å². The molecule has 124 valence electrons. The van der Waals surface area contributed by atoms with Gasteiger partial charge >= 0.3 is 0 Å². The maximum atomic E-state index is 13.0. The summed E-state index contributed by atoms with van der Waals surface area (Å²) in [7, 11) is -1.61. The number of nitrogens with zero attached hydrogens (tertiary/aromatic N) is 3. The lowest BCUT2D eigenvalue weighted by Crippen LogP contribution is -2.16. The lowest BCUT2D eigenvalue weighted by molar-refractivity contribution is 0.411. The molecule has 0 bridgehead atoms. The first kappa shape index (κ1) is 15.4. The maximum Gasteiger partial charge on any atom is 0.283 e. The first-order valence-corrected chi connectivity index (χ1v) is 9.48. The average molecular weight is 341 g/mol. The Kier molecular flexibility index (Phi) is 3.66. The average Bonchev–Trinajstić information content (AvgIpc) is 3.19. The Bertz CT molecular complexity index is 980. The van der Waals surface area contributed by atoms with Crippen LogP contribution in [0.15, 0.2) is 59.5 Å². The Morgan fingerprint density at radius 3 is 2.46 bits per heavy atom. The molecule has 0 spiro atoms. The zero-order chi connectivity index (χ0) is 16.7. The van der Waals surface area contributed by atoms with Gasteiger partial charge in [0.25, 0.3) is 10.0 Å². The van der Waals surface area contributed by atoms with Crippen LogP contribution in [0.4, 0.5) is 0 Å². The van der Waals surface area contributed by atoms with Gasteiger partial charge in [0.1, 0.15) is 0 Å². The van der Waals surface area contributed by atoms with Crippen LogP contribution in [0.2, 0.25) is 0 Å². The molecule has 24 heavy (non-hydrogen) atoms. The molecule has 1 fully saturated rings. The van der Waals surface area contributed by atoms with Crippen LogP contribution in [0.1, 0.15) is 18.0 Å². The molecule has 2 heterocycles. The summed E-state index contributed by atoms with van der Waals surface area (Å²) < 4.78 is 27.3. The van der Waals surface area contributed by atoms with E-state index >= 15 is 0 Å². The molecule has 3 aromatic rings. The number of fused-ring (bicyclic) bond motifs is 1. The fourth-order valence-corrected chi connectivity index (χ4v) is 4.71. The number of likely N-dealkylation sites (N-methyl/N-ethyl adjacent to an activating group) is 1. The van der Waals surface area contributed by atoms with Gasteiger partial charge in [-0.25, -0.2) is 0 Å². The van der Waals surface area contributed by atoms with Gasteiger partial charge in [-0.2, -0.15) is 17.6 Å². The highest BCUT2D eigenvalue weighted by Crippen LogP contribution is 2.32. The van der Waals surface area contributed by atoms with Crippen LogP contribution in [0.25, 0.3) is 10.9 Å². The second-order valence-corrected chi connectivity index (χ2v) is 8.08. The summed E-state index contributed by atoms with van der Waals surface area (Å²) in [6.07, 6.45) is 1.00. The van der Waals surface area contributed by atoms with Gasteiger partial charge in [-0.3, -0.25) is 0 Å². The number of hydrogen-bond donors (Lipinski definition) is 0. The number of hydrogen-bond acceptors (Lipinski definition) is 4. The molecule has 0 amide bonds.